The molecule has 0 N–H and O–H groups in total. The van der Waals surface area contributed by atoms with Crippen molar-refractivity contribution in [3.05, 3.63) is 67.6 Å². The Hall–Kier alpha value is -0.260. The molecule has 0 aliphatic heterocycles. The van der Waals surface area contributed by atoms with E-state index >= 15 is 0 Å². The van der Waals surface area contributed by atoms with Crippen molar-refractivity contribution in [1.29, 1.82) is 0 Å². The summed E-state index contributed by atoms with van der Waals surface area (Å²) in [4.78, 5) is 0. The van der Waals surface area contributed by atoms with E-state index in [9.17, 15) is 0 Å². The van der Waals surface area contributed by atoms with E-state index in [0.717, 1.165) is 0 Å². The topological polar surface area (TPSA) is 0 Å². The SMILES string of the molecule is [CH2]C(C)(C)C.[HH].[In+].c1ccc([P-]c2ccccc2)cc1. The normalized spacial score (nSPS) is 9.89. The maximum Gasteiger partial charge on any atom is 1.00 e. The van der Waals surface area contributed by atoms with Gasteiger partial charge in [-0.3, -0.25) is 0 Å². The molecule has 3 radical (unpaired) electrons. The van der Waals surface area contributed by atoms with Gasteiger partial charge in [0, 0.05) is 1.43 Å². The third-order valence-corrected chi connectivity index (χ3v) is 2.88. The van der Waals surface area contributed by atoms with Crippen molar-refractivity contribution in [3.8, 4) is 0 Å². The molecule has 0 spiro atoms. The van der Waals surface area contributed by atoms with Crippen molar-refractivity contribution in [2.75, 3.05) is 0 Å². The summed E-state index contributed by atoms with van der Waals surface area (Å²) in [6.07, 6.45) is 0. The second-order valence-electron chi connectivity index (χ2n) is 5.34. The molecule has 0 saturated carbocycles. The molecule has 2 heteroatoms. The van der Waals surface area contributed by atoms with Crippen LogP contribution >= 0.6 is 8.58 Å². The molecule has 0 unspecified atom stereocenters. The molecule has 0 fully saturated rings. The molecule has 0 amide bonds. The van der Waals surface area contributed by atoms with Crippen molar-refractivity contribution in [3.63, 3.8) is 0 Å². The zero-order valence-corrected chi connectivity index (χ0v) is 16.2. The molecule has 0 aliphatic carbocycles. The van der Waals surface area contributed by atoms with E-state index in [2.05, 4.69) is 76.2 Å². The van der Waals surface area contributed by atoms with Crippen LogP contribution in [0.4, 0.5) is 0 Å². The Bertz CT molecular complexity index is 394. The molecule has 19 heavy (non-hydrogen) atoms. The Morgan fingerprint density at radius 3 is 1.32 bits per heavy atom. The Balaban J connectivity index is 0. The minimum absolute atomic E-state index is 0. The maximum atomic E-state index is 3.77. The van der Waals surface area contributed by atoms with Crippen molar-refractivity contribution < 1.29 is 1.43 Å². The van der Waals surface area contributed by atoms with Gasteiger partial charge in [-0.05, 0) is 12.3 Å². The summed E-state index contributed by atoms with van der Waals surface area (Å²) in [7, 11) is 1.28. The molecule has 0 saturated heterocycles. The van der Waals surface area contributed by atoms with Crippen LogP contribution in [0.2, 0.25) is 0 Å². The first-order valence-corrected chi connectivity index (χ1v) is 7.02. The largest absolute Gasteiger partial charge is 1.00 e. The molecule has 2 rings (SSSR count). The molecule has 0 bridgehead atoms. The smallest absolute Gasteiger partial charge is 0.472 e. The Labute approximate surface area is 140 Å². The van der Waals surface area contributed by atoms with Crippen LogP contribution in [0.15, 0.2) is 60.7 Å². The number of hydrogen-bond donors (Lipinski definition) is 0. The predicted octanol–water partition coefficient (Wildman–Crippen LogP) is 4.32. The fraction of sp³-hybridized carbons (Fsp3) is 0.235. The maximum absolute atomic E-state index is 3.77. The summed E-state index contributed by atoms with van der Waals surface area (Å²) in [6, 6.07) is 21.0. The molecule has 2 aromatic rings. The molecule has 0 aromatic heterocycles. The van der Waals surface area contributed by atoms with Crippen molar-refractivity contribution >= 4 is 45.0 Å². The monoisotopic (exact) mass is 373 g/mol. The van der Waals surface area contributed by atoms with Crippen LogP contribution in [-0.2, 0) is 0 Å². The third-order valence-electron chi connectivity index (χ3n) is 1.77. The van der Waals surface area contributed by atoms with Gasteiger partial charge in [-0.25, -0.2) is 10.6 Å². The van der Waals surface area contributed by atoms with Gasteiger partial charge in [-0.2, -0.15) is 0 Å². The van der Waals surface area contributed by atoms with Crippen LogP contribution in [0, 0.1) is 12.3 Å². The first-order chi connectivity index (χ1) is 8.45. The Kier molecular flexibility index (Phi) is 9.48. The predicted molar refractivity (Wildman–Crippen MR) is 91.8 cm³/mol. The van der Waals surface area contributed by atoms with Gasteiger partial charge >= 0.3 is 25.8 Å². The van der Waals surface area contributed by atoms with Crippen LogP contribution in [-0.4, -0.2) is 25.8 Å². The van der Waals surface area contributed by atoms with Crippen molar-refractivity contribution in [2.24, 2.45) is 5.41 Å². The molecule has 0 aliphatic rings. The molecular weight excluding hydrogens is 350 g/mol. The molecule has 2 aromatic carbocycles. The molecular formula is C17H23InP. The summed E-state index contributed by atoms with van der Waals surface area (Å²) in [5.41, 5.74) is 0.250. The van der Waals surface area contributed by atoms with Gasteiger partial charge in [0.1, 0.15) is 0 Å². The quantitative estimate of drug-likeness (QED) is 0.689. The minimum atomic E-state index is 0. The number of benzene rings is 2. The van der Waals surface area contributed by atoms with Crippen LogP contribution in [0.3, 0.4) is 0 Å². The van der Waals surface area contributed by atoms with Gasteiger partial charge in [0.05, 0.1) is 0 Å². The Morgan fingerprint density at radius 1 is 0.789 bits per heavy atom. The Morgan fingerprint density at radius 2 is 1.05 bits per heavy atom. The summed E-state index contributed by atoms with van der Waals surface area (Å²) in [6.45, 7) is 10.0. The van der Waals surface area contributed by atoms with Gasteiger partial charge in [0.25, 0.3) is 0 Å². The molecule has 99 valence electrons. The number of rotatable bonds is 2. The van der Waals surface area contributed by atoms with E-state index in [4.69, 9.17) is 0 Å². The van der Waals surface area contributed by atoms with Crippen LogP contribution in [0.25, 0.3) is 0 Å². The van der Waals surface area contributed by atoms with Gasteiger partial charge in [-0.1, -0.05) is 81.4 Å². The van der Waals surface area contributed by atoms with Crippen molar-refractivity contribution in [2.45, 2.75) is 20.8 Å². The minimum Gasteiger partial charge on any atom is -0.472 e. The summed E-state index contributed by atoms with van der Waals surface area (Å²) >= 11 is 0. The first kappa shape index (κ1) is 18.7. The fourth-order valence-electron chi connectivity index (χ4n) is 1.15. The first-order valence-electron chi connectivity index (χ1n) is 6.12. The third kappa shape index (κ3) is 11.3. The van der Waals surface area contributed by atoms with E-state index in [1.54, 1.807) is 0 Å². The van der Waals surface area contributed by atoms with Gasteiger partial charge in [0.2, 0.25) is 0 Å². The van der Waals surface area contributed by atoms with Crippen LogP contribution in [0.5, 0.6) is 0 Å². The number of hydrogen-bond acceptors (Lipinski definition) is 0. The summed E-state index contributed by atoms with van der Waals surface area (Å²) < 4.78 is 0. The van der Waals surface area contributed by atoms with E-state index in [1.165, 1.54) is 19.2 Å². The average Bonchev–Trinajstić information content (AvgIpc) is 2.29. The summed E-state index contributed by atoms with van der Waals surface area (Å²) in [5, 5.41) is 2.68. The molecule has 0 heterocycles. The second-order valence-corrected chi connectivity index (χ2v) is 6.60. The van der Waals surface area contributed by atoms with Gasteiger partial charge < -0.3 is 8.58 Å². The van der Waals surface area contributed by atoms with Crippen molar-refractivity contribution in [1.82, 2.24) is 0 Å². The zero-order chi connectivity index (χ0) is 13.4. The average molecular weight is 373 g/mol. The van der Waals surface area contributed by atoms with E-state index in [1.807, 2.05) is 12.1 Å². The zero-order valence-electron chi connectivity index (χ0n) is 12.0. The summed E-state index contributed by atoms with van der Waals surface area (Å²) in [5.74, 6) is 0. The standard InChI is InChI=1S/C12H10P.C5H11.In.H2/c1-3-7-11(8-4-1)13-12-9-5-2-6-10-12;1-5(2,3)4;;/h1-10H;1H2,2-4H3;;1H/q-1;;+1;. The van der Waals surface area contributed by atoms with Crippen LogP contribution < -0.4 is 10.6 Å². The fourth-order valence-corrected chi connectivity index (χ4v) is 2.09. The van der Waals surface area contributed by atoms with E-state index in [-0.39, 0.29) is 32.7 Å². The van der Waals surface area contributed by atoms with Crippen LogP contribution in [0.1, 0.15) is 22.2 Å². The second kappa shape index (κ2) is 9.61. The molecule has 0 nitrogen and oxygen atoms in total. The van der Waals surface area contributed by atoms with E-state index in [0.29, 0.717) is 0 Å². The van der Waals surface area contributed by atoms with Gasteiger partial charge in [-0.15, -0.1) is 0 Å². The molecule has 0 atom stereocenters. The van der Waals surface area contributed by atoms with E-state index < -0.39 is 0 Å². The van der Waals surface area contributed by atoms with Gasteiger partial charge in [0.15, 0.2) is 0 Å².